The molecule has 0 radical (unpaired) electrons. The zero-order chi connectivity index (χ0) is 20.5. The normalized spacial score (nSPS) is 24.7. The van der Waals surface area contributed by atoms with Gasteiger partial charge in [0, 0.05) is 17.0 Å². The van der Waals surface area contributed by atoms with E-state index in [-0.39, 0.29) is 22.7 Å². The topological polar surface area (TPSA) is 86.2 Å². The molecule has 1 aromatic rings. The minimum Gasteiger partial charge on any atom is -0.398 e. The summed E-state index contributed by atoms with van der Waals surface area (Å²) in [5.41, 5.74) is 15.8. The Morgan fingerprint density at radius 1 is 0.897 bits per heavy atom. The average Bonchev–Trinajstić information content (AvgIpc) is 2.73. The van der Waals surface area contributed by atoms with Crippen LogP contribution in [0.25, 0.3) is 5.57 Å². The van der Waals surface area contributed by atoms with E-state index in [4.69, 9.17) is 11.5 Å². The summed E-state index contributed by atoms with van der Waals surface area (Å²) in [6.07, 6.45) is 12.2. The highest BCUT2D eigenvalue weighted by Gasteiger charge is 2.33. The van der Waals surface area contributed by atoms with Gasteiger partial charge in [-0.3, -0.25) is 9.59 Å². The second kappa shape index (κ2) is 7.86. The van der Waals surface area contributed by atoms with Crippen molar-refractivity contribution in [3.8, 4) is 0 Å². The maximum Gasteiger partial charge on any atom is 0.196 e. The molecule has 0 unspecified atom stereocenters. The number of hydrogen-bond donors (Lipinski definition) is 2. The molecule has 4 N–H and O–H groups in total. The Bertz CT molecular complexity index is 969. The van der Waals surface area contributed by atoms with Crippen molar-refractivity contribution in [3.63, 3.8) is 0 Å². The van der Waals surface area contributed by atoms with Gasteiger partial charge in [-0.1, -0.05) is 44.0 Å². The summed E-state index contributed by atoms with van der Waals surface area (Å²) < 4.78 is 0. The van der Waals surface area contributed by atoms with Crippen LogP contribution in [0.15, 0.2) is 65.0 Å². The van der Waals surface area contributed by atoms with Gasteiger partial charge < -0.3 is 11.5 Å². The number of ketones is 2. The number of rotatable bonds is 4. The summed E-state index contributed by atoms with van der Waals surface area (Å²) in [5.74, 6) is 0.973. The van der Waals surface area contributed by atoms with Crippen molar-refractivity contribution in [3.05, 3.63) is 76.2 Å². The summed E-state index contributed by atoms with van der Waals surface area (Å²) in [4.78, 5) is 25.2. The predicted molar refractivity (Wildman–Crippen MR) is 116 cm³/mol. The fraction of sp³-hybridized carbons (Fsp3) is 0.360. The fourth-order valence-electron chi connectivity index (χ4n) is 4.90. The third kappa shape index (κ3) is 3.59. The Hall–Kier alpha value is -2.88. The Labute approximate surface area is 172 Å². The van der Waals surface area contributed by atoms with Gasteiger partial charge in [0.15, 0.2) is 11.6 Å². The molecule has 1 fully saturated rings. The molecule has 4 rings (SSSR count). The highest BCUT2D eigenvalue weighted by molar-refractivity contribution is 6.36. The van der Waals surface area contributed by atoms with E-state index in [9.17, 15) is 9.59 Å². The van der Waals surface area contributed by atoms with Crippen molar-refractivity contribution in [2.45, 2.75) is 51.4 Å². The van der Waals surface area contributed by atoms with Gasteiger partial charge in [-0.2, -0.15) is 0 Å². The molecule has 0 heterocycles. The molecular formula is C25H28N2O2. The van der Waals surface area contributed by atoms with Gasteiger partial charge in [0.2, 0.25) is 0 Å². The molecule has 0 aliphatic heterocycles. The molecule has 0 amide bonds. The third-order valence-corrected chi connectivity index (χ3v) is 6.50. The molecule has 0 saturated heterocycles. The van der Waals surface area contributed by atoms with Crippen LogP contribution in [0.2, 0.25) is 0 Å². The maximum atomic E-state index is 13.1. The first-order valence-corrected chi connectivity index (χ1v) is 10.6. The van der Waals surface area contributed by atoms with E-state index in [2.05, 4.69) is 19.1 Å². The molecule has 4 heteroatoms. The summed E-state index contributed by atoms with van der Waals surface area (Å²) in [7, 11) is 0. The van der Waals surface area contributed by atoms with Gasteiger partial charge in [-0.05, 0) is 66.9 Å². The summed E-state index contributed by atoms with van der Waals surface area (Å²) in [5, 5.41) is 0. The maximum absolute atomic E-state index is 13.1. The minimum absolute atomic E-state index is 0.221. The Kier molecular flexibility index (Phi) is 5.27. The van der Waals surface area contributed by atoms with Crippen molar-refractivity contribution >= 4 is 17.1 Å². The minimum atomic E-state index is -0.274. The number of hydrogen-bond acceptors (Lipinski definition) is 4. The third-order valence-electron chi connectivity index (χ3n) is 6.50. The summed E-state index contributed by atoms with van der Waals surface area (Å²) in [6, 6.07) is 8.25. The lowest BCUT2D eigenvalue weighted by atomic mass is 9.77. The highest BCUT2D eigenvalue weighted by Crippen LogP contribution is 2.38. The van der Waals surface area contributed by atoms with Gasteiger partial charge in [0.1, 0.15) is 0 Å². The number of nitrogens with two attached hydrogens (primary N) is 2. The Morgan fingerprint density at radius 3 is 2.24 bits per heavy atom. The van der Waals surface area contributed by atoms with Gasteiger partial charge in [-0.15, -0.1) is 0 Å². The lowest BCUT2D eigenvalue weighted by molar-refractivity contribution is -0.113. The zero-order valence-corrected chi connectivity index (χ0v) is 16.9. The molecule has 3 aliphatic rings. The standard InChI is InChI=1S/C25H28N2O2/c1-2-3-15-4-6-16(7-5-15)17-8-10-18(11-9-17)19-14-21(27)23-22(28)13-12-20(26)24(23)25(19)29/h8-16H,2-7,26-27H2,1H3. The zero-order valence-electron chi connectivity index (χ0n) is 16.9. The molecule has 1 saturated carbocycles. The van der Waals surface area contributed by atoms with Crippen LogP contribution in [-0.4, -0.2) is 11.6 Å². The molecule has 4 nitrogen and oxygen atoms in total. The van der Waals surface area contributed by atoms with Crippen molar-refractivity contribution in [1.82, 2.24) is 0 Å². The molecule has 0 spiro atoms. The summed E-state index contributed by atoms with van der Waals surface area (Å²) in [6.45, 7) is 2.26. The lowest BCUT2D eigenvalue weighted by Gasteiger charge is -2.29. The fourth-order valence-corrected chi connectivity index (χ4v) is 4.90. The number of carbonyl (C=O) groups excluding carboxylic acids is 2. The van der Waals surface area contributed by atoms with Crippen molar-refractivity contribution in [2.24, 2.45) is 17.4 Å². The average molecular weight is 389 g/mol. The number of fused-ring (bicyclic) bond motifs is 1. The largest absolute Gasteiger partial charge is 0.398 e. The second-order valence-electron chi connectivity index (χ2n) is 8.37. The van der Waals surface area contributed by atoms with E-state index in [0.717, 1.165) is 11.5 Å². The number of benzene rings is 1. The number of carbonyl (C=O) groups is 2. The number of Topliss-reactive ketones (excluding diaryl/α,β-unsaturated/α-hetero) is 1. The smallest absolute Gasteiger partial charge is 0.196 e. The van der Waals surface area contributed by atoms with E-state index < -0.39 is 0 Å². The van der Waals surface area contributed by atoms with Crippen LogP contribution in [0.3, 0.4) is 0 Å². The first-order valence-electron chi connectivity index (χ1n) is 10.6. The highest BCUT2D eigenvalue weighted by atomic mass is 16.1. The van der Waals surface area contributed by atoms with E-state index in [1.165, 1.54) is 56.2 Å². The van der Waals surface area contributed by atoms with Crippen LogP contribution < -0.4 is 11.5 Å². The van der Waals surface area contributed by atoms with Crippen molar-refractivity contribution in [1.29, 1.82) is 0 Å². The molecule has 0 aromatic heterocycles. The van der Waals surface area contributed by atoms with E-state index in [1.807, 2.05) is 12.1 Å². The monoisotopic (exact) mass is 388 g/mol. The molecule has 150 valence electrons. The number of allylic oxidation sites excluding steroid dienone is 6. The van der Waals surface area contributed by atoms with Crippen LogP contribution in [0, 0.1) is 5.92 Å². The first-order chi connectivity index (χ1) is 14.0. The van der Waals surface area contributed by atoms with Gasteiger partial charge in [-0.25, -0.2) is 0 Å². The van der Waals surface area contributed by atoms with E-state index in [0.29, 0.717) is 22.9 Å². The second-order valence-corrected chi connectivity index (χ2v) is 8.37. The molecule has 0 atom stereocenters. The van der Waals surface area contributed by atoms with Crippen LogP contribution in [0.4, 0.5) is 0 Å². The van der Waals surface area contributed by atoms with Crippen molar-refractivity contribution < 1.29 is 9.59 Å². The molecular weight excluding hydrogens is 360 g/mol. The SMILES string of the molecule is CCCC1CCC(c2ccc(C3=CC(N)=C4C(=O)C=CC(N)=C4C3=O)cc2)CC1. The molecule has 1 aromatic carbocycles. The lowest BCUT2D eigenvalue weighted by Crippen LogP contribution is -2.26. The molecule has 0 bridgehead atoms. The van der Waals surface area contributed by atoms with Gasteiger partial charge in [0.05, 0.1) is 11.1 Å². The Morgan fingerprint density at radius 2 is 1.59 bits per heavy atom. The van der Waals surface area contributed by atoms with Crippen LogP contribution in [0.1, 0.15) is 62.5 Å². The van der Waals surface area contributed by atoms with Gasteiger partial charge >= 0.3 is 0 Å². The quantitative estimate of drug-likeness (QED) is 0.805. The van der Waals surface area contributed by atoms with Crippen LogP contribution >= 0.6 is 0 Å². The molecule has 3 aliphatic carbocycles. The van der Waals surface area contributed by atoms with E-state index >= 15 is 0 Å². The van der Waals surface area contributed by atoms with Crippen LogP contribution in [-0.2, 0) is 9.59 Å². The Balaban J connectivity index is 1.57. The summed E-state index contributed by atoms with van der Waals surface area (Å²) >= 11 is 0. The van der Waals surface area contributed by atoms with Gasteiger partial charge in [0.25, 0.3) is 0 Å². The van der Waals surface area contributed by atoms with Crippen LogP contribution in [0.5, 0.6) is 0 Å². The predicted octanol–water partition coefficient (Wildman–Crippen LogP) is 4.29. The molecule has 29 heavy (non-hydrogen) atoms. The first kappa shape index (κ1) is 19.4. The van der Waals surface area contributed by atoms with E-state index in [1.54, 1.807) is 6.08 Å². The van der Waals surface area contributed by atoms with Crippen molar-refractivity contribution in [2.75, 3.05) is 0 Å².